The SMILES string of the molecule is CCCc1ccc(NC(=O)c2cccc(N=C(N)N)c2)c(O)c1. The minimum atomic E-state index is -0.351. The van der Waals surface area contributed by atoms with Crippen LogP contribution < -0.4 is 16.8 Å². The molecule has 120 valence electrons. The predicted molar refractivity (Wildman–Crippen MR) is 92.0 cm³/mol. The zero-order valence-electron chi connectivity index (χ0n) is 12.9. The van der Waals surface area contributed by atoms with E-state index < -0.39 is 0 Å². The first-order valence-corrected chi connectivity index (χ1v) is 7.32. The van der Waals surface area contributed by atoms with Gasteiger partial charge in [-0.3, -0.25) is 4.79 Å². The molecule has 23 heavy (non-hydrogen) atoms. The summed E-state index contributed by atoms with van der Waals surface area (Å²) < 4.78 is 0. The van der Waals surface area contributed by atoms with Gasteiger partial charge in [0.2, 0.25) is 0 Å². The van der Waals surface area contributed by atoms with Crippen LogP contribution in [-0.2, 0) is 6.42 Å². The van der Waals surface area contributed by atoms with Gasteiger partial charge in [0.25, 0.3) is 5.91 Å². The van der Waals surface area contributed by atoms with Crippen LogP contribution in [0.5, 0.6) is 5.75 Å². The molecule has 0 atom stereocenters. The number of benzene rings is 2. The van der Waals surface area contributed by atoms with Crippen LogP contribution in [0.15, 0.2) is 47.5 Å². The highest BCUT2D eigenvalue weighted by Crippen LogP contribution is 2.26. The standard InChI is InChI=1S/C17H20N4O2/c1-2-4-11-7-8-14(15(22)9-11)21-16(23)12-5-3-6-13(10-12)20-17(18)19/h3,5-10,22H,2,4H2,1H3,(H,21,23)(H4,18,19,20). The van der Waals surface area contributed by atoms with Crippen LogP contribution in [0.2, 0.25) is 0 Å². The first-order valence-electron chi connectivity index (χ1n) is 7.32. The van der Waals surface area contributed by atoms with Crippen molar-refractivity contribution in [2.75, 3.05) is 5.32 Å². The van der Waals surface area contributed by atoms with Crippen LogP contribution in [0, 0.1) is 0 Å². The lowest BCUT2D eigenvalue weighted by atomic mass is 10.1. The number of hydrogen-bond acceptors (Lipinski definition) is 3. The lowest BCUT2D eigenvalue weighted by Crippen LogP contribution is -2.21. The van der Waals surface area contributed by atoms with E-state index in [2.05, 4.69) is 17.2 Å². The molecule has 0 aliphatic rings. The summed E-state index contributed by atoms with van der Waals surface area (Å²) in [6, 6.07) is 11.8. The van der Waals surface area contributed by atoms with E-state index in [1.807, 2.05) is 6.07 Å². The van der Waals surface area contributed by atoms with Gasteiger partial charge >= 0.3 is 0 Å². The average Bonchev–Trinajstić information content (AvgIpc) is 2.50. The number of aromatic hydroxyl groups is 1. The van der Waals surface area contributed by atoms with Gasteiger partial charge in [-0.2, -0.15) is 0 Å². The highest BCUT2D eigenvalue weighted by atomic mass is 16.3. The minimum Gasteiger partial charge on any atom is -0.506 e. The van der Waals surface area contributed by atoms with Gasteiger partial charge in [0.1, 0.15) is 5.75 Å². The topological polar surface area (TPSA) is 114 Å². The fourth-order valence-corrected chi connectivity index (χ4v) is 2.19. The van der Waals surface area contributed by atoms with Gasteiger partial charge in [-0.1, -0.05) is 25.5 Å². The van der Waals surface area contributed by atoms with Crippen LogP contribution >= 0.6 is 0 Å². The summed E-state index contributed by atoms with van der Waals surface area (Å²) in [5.74, 6) is -0.382. The van der Waals surface area contributed by atoms with Crippen LogP contribution in [0.4, 0.5) is 11.4 Å². The maximum Gasteiger partial charge on any atom is 0.255 e. The molecule has 0 bridgehead atoms. The molecule has 0 saturated heterocycles. The molecule has 0 aliphatic carbocycles. The molecule has 0 radical (unpaired) electrons. The Morgan fingerprint density at radius 3 is 2.65 bits per heavy atom. The average molecular weight is 312 g/mol. The maximum absolute atomic E-state index is 12.3. The van der Waals surface area contributed by atoms with E-state index >= 15 is 0 Å². The highest BCUT2D eigenvalue weighted by molar-refractivity contribution is 6.05. The molecule has 6 heteroatoms. The van der Waals surface area contributed by atoms with E-state index in [4.69, 9.17) is 11.5 Å². The van der Waals surface area contributed by atoms with Crippen LogP contribution in [0.3, 0.4) is 0 Å². The summed E-state index contributed by atoms with van der Waals surface area (Å²) in [7, 11) is 0. The second-order valence-corrected chi connectivity index (χ2v) is 5.14. The Morgan fingerprint density at radius 1 is 1.22 bits per heavy atom. The van der Waals surface area contributed by atoms with Crippen molar-refractivity contribution in [1.29, 1.82) is 0 Å². The number of amides is 1. The lowest BCUT2D eigenvalue weighted by Gasteiger charge is -2.09. The molecule has 0 aromatic heterocycles. The summed E-state index contributed by atoms with van der Waals surface area (Å²) in [5.41, 5.74) is 12.9. The number of aliphatic imine (C=N–C) groups is 1. The second kappa shape index (κ2) is 7.31. The number of anilines is 1. The molecule has 0 fully saturated rings. The molecule has 0 aliphatic heterocycles. The largest absolute Gasteiger partial charge is 0.506 e. The lowest BCUT2D eigenvalue weighted by molar-refractivity contribution is 0.102. The van der Waals surface area contributed by atoms with E-state index in [-0.39, 0.29) is 17.6 Å². The van der Waals surface area contributed by atoms with E-state index in [0.29, 0.717) is 16.9 Å². The molecule has 0 unspecified atom stereocenters. The normalized spacial score (nSPS) is 10.1. The second-order valence-electron chi connectivity index (χ2n) is 5.14. The first kappa shape index (κ1) is 16.4. The Kier molecular flexibility index (Phi) is 5.19. The van der Waals surface area contributed by atoms with Gasteiger partial charge in [0.15, 0.2) is 5.96 Å². The van der Waals surface area contributed by atoms with Crippen molar-refractivity contribution in [3.63, 3.8) is 0 Å². The number of hydrogen-bond donors (Lipinski definition) is 4. The molecular formula is C17H20N4O2. The number of carbonyl (C=O) groups excluding carboxylic acids is 1. The maximum atomic E-state index is 12.3. The summed E-state index contributed by atoms with van der Waals surface area (Å²) >= 11 is 0. The number of guanidine groups is 1. The molecule has 0 spiro atoms. The van der Waals surface area contributed by atoms with Crippen molar-refractivity contribution >= 4 is 23.2 Å². The molecule has 2 aromatic rings. The van der Waals surface area contributed by atoms with Gasteiger partial charge in [0, 0.05) is 5.56 Å². The van der Waals surface area contributed by atoms with Crippen molar-refractivity contribution in [2.45, 2.75) is 19.8 Å². The van der Waals surface area contributed by atoms with Gasteiger partial charge in [-0.05, 0) is 42.3 Å². The Balaban J connectivity index is 2.17. The fraction of sp³-hybridized carbons (Fsp3) is 0.176. The smallest absolute Gasteiger partial charge is 0.255 e. The number of rotatable bonds is 5. The molecule has 6 N–H and O–H groups in total. The van der Waals surface area contributed by atoms with E-state index in [1.165, 1.54) is 0 Å². The molecule has 0 heterocycles. The van der Waals surface area contributed by atoms with Gasteiger partial charge in [-0.15, -0.1) is 0 Å². The monoisotopic (exact) mass is 312 g/mol. The number of nitrogens with two attached hydrogens (primary N) is 2. The van der Waals surface area contributed by atoms with E-state index in [9.17, 15) is 9.90 Å². The van der Waals surface area contributed by atoms with Gasteiger partial charge in [0.05, 0.1) is 11.4 Å². The Bertz CT molecular complexity index is 737. The molecular weight excluding hydrogens is 292 g/mol. The van der Waals surface area contributed by atoms with Crippen LogP contribution in [-0.4, -0.2) is 17.0 Å². The quantitative estimate of drug-likeness (QED) is 0.386. The third-order valence-corrected chi connectivity index (χ3v) is 3.22. The van der Waals surface area contributed by atoms with Gasteiger partial charge < -0.3 is 21.9 Å². The number of aryl methyl sites for hydroxylation is 1. The third-order valence-electron chi connectivity index (χ3n) is 3.22. The summed E-state index contributed by atoms with van der Waals surface area (Å²) in [4.78, 5) is 16.2. The van der Waals surface area contributed by atoms with Crippen molar-refractivity contribution < 1.29 is 9.90 Å². The summed E-state index contributed by atoms with van der Waals surface area (Å²) in [6.07, 6.45) is 1.87. The van der Waals surface area contributed by atoms with Gasteiger partial charge in [-0.25, -0.2) is 4.99 Å². The number of carbonyl (C=O) groups is 1. The zero-order valence-corrected chi connectivity index (χ0v) is 12.9. The first-order chi connectivity index (χ1) is 11.0. The zero-order chi connectivity index (χ0) is 16.8. The van der Waals surface area contributed by atoms with Crippen molar-refractivity contribution in [3.05, 3.63) is 53.6 Å². The molecule has 2 rings (SSSR count). The highest BCUT2D eigenvalue weighted by Gasteiger charge is 2.10. The minimum absolute atomic E-state index is 0.0460. The summed E-state index contributed by atoms with van der Waals surface area (Å²) in [6.45, 7) is 2.07. The molecule has 2 aromatic carbocycles. The Hall–Kier alpha value is -3.02. The fourth-order valence-electron chi connectivity index (χ4n) is 2.19. The number of phenolic OH excluding ortho intramolecular Hbond substituents is 1. The molecule has 6 nitrogen and oxygen atoms in total. The number of nitrogens with zero attached hydrogens (tertiary/aromatic N) is 1. The van der Waals surface area contributed by atoms with Crippen molar-refractivity contribution in [2.24, 2.45) is 16.5 Å². The molecule has 0 saturated carbocycles. The Morgan fingerprint density at radius 2 is 2.00 bits per heavy atom. The van der Waals surface area contributed by atoms with Crippen molar-refractivity contribution in [1.82, 2.24) is 0 Å². The predicted octanol–water partition coefficient (Wildman–Crippen LogP) is 2.50. The number of nitrogens with one attached hydrogen (secondary N) is 1. The van der Waals surface area contributed by atoms with E-state index in [0.717, 1.165) is 18.4 Å². The third kappa shape index (κ3) is 4.47. The molecule has 1 amide bonds. The van der Waals surface area contributed by atoms with Crippen LogP contribution in [0.1, 0.15) is 29.3 Å². The Labute approximate surface area is 134 Å². The van der Waals surface area contributed by atoms with E-state index in [1.54, 1.807) is 36.4 Å². The van der Waals surface area contributed by atoms with Crippen molar-refractivity contribution in [3.8, 4) is 5.75 Å². The van der Waals surface area contributed by atoms with Crippen LogP contribution in [0.25, 0.3) is 0 Å². The summed E-state index contributed by atoms with van der Waals surface area (Å²) in [5, 5.41) is 12.7. The number of phenols is 1.